The number of carboxylic acids is 1. The van der Waals surface area contributed by atoms with Crippen molar-refractivity contribution in [3.63, 3.8) is 0 Å². The number of halogens is 1. The maximum atomic E-state index is 12.2. The Hall–Kier alpha value is -2.64. The van der Waals surface area contributed by atoms with Crippen LogP contribution in [0, 0.1) is 5.92 Å². The van der Waals surface area contributed by atoms with Gasteiger partial charge in [0.05, 0.1) is 5.92 Å². The van der Waals surface area contributed by atoms with Gasteiger partial charge in [0.25, 0.3) is 0 Å². The summed E-state index contributed by atoms with van der Waals surface area (Å²) in [4.78, 5) is 32.5. The van der Waals surface area contributed by atoms with Gasteiger partial charge in [-0.3, -0.25) is 14.5 Å². The number of benzene rings is 1. The second kappa shape index (κ2) is 9.52. The fraction of sp³-hybridized carbons (Fsp3) is 0.350. The van der Waals surface area contributed by atoms with E-state index < -0.39 is 11.9 Å². The summed E-state index contributed by atoms with van der Waals surface area (Å²) in [5, 5.41) is 12.8. The summed E-state index contributed by atoms with van der Waals surface area (Å²) in [6.07, 6.45) is 1.69. The SMILES string of the molecule is O=C(C[C@H](CN1CCN(c2ccccn2)CC1)C(=O)O)Nc1ccc(Cl)cc1. The average Bonchev–Trinajstić information content (AvgIpc) is 2.70. The van der Waals surface area contributed by atoms with Gasteiger partial charge in [-0.2, -0.15) is 0 Å². The van der Waals surface area contributed by atoms with E-state index in [9.17, 15) is 14.7 Å². The van der Waals surface area contributed by atoms with E-state index in [1.165, 1.54) is 0 Å². The predicted molar refractivity (Wildman–Crippen MR) is 109 cm³/mol. The van der Waals surface area contributed by atoms with Crippen LogP contribution in [-0.4, -0.2) is 59.6 Å². The first-order chi connectivity index (χ1) is 13.5. The van der Waals surface area contributed by atoms with E-state index in [0.29, 0.717) is 17.3 Å². The van der Waals surface area contributed by atoms with E-state index in [1.54, 1.807) is 30.5 Å². The number of nitrogens with zero attached hydrogens (tertiary/aromatic N) is 3. The number of hydrogen-bond acceptors (Lipinski definition) is 5. The highest BCUT2D eigenvalue weighted by Crippen LogP contribution is 2.17. The van der Waals surface area contributed by atoms with Gasteiger partial charge in [0.1, 0.15) is 5.82 Å². The van der Waals surface area contributed by atoms with Crippen LogP contribution in [0.2, 0.25) is 5.02 Å². The maximum Gasteiger partial charge on any atom is 0.308 e. The summed E-state index contributed by atoms with van der Waals surface area (Å²) in [6.45, 7) is 3.37. The number of hydrogen-bond donors (Lipinski definition) is 2. The Bertz CT molecular complexity index is 793. The Labute approximate surface area is 168 Å². The zero-order chi connectivity index (χ0) is 19.9. The Kier molecular flexibility index (Phi) is 6.84. The molecule has 2 N–H and O–H groups in total. The third kappa shape index (κ3) is 5.68. The van der Waals surface area contributed by atoms with Crippen molar-refractivity contribution in [3.8, 4) is 0 Å². The molecule has 2 aromatic rings. The molecule has 0 radical (unpaired) electrons. The molecule has 0 aliphatic carbocycles. The largest absolute Gasteiger partial charge is 0.481 e. The summed E-state index contributed by atoms with van der Waals surface area (Å²) >= 11 is 5.83. The minimum absolute atomic E-state index is 0.0710. The zero-order valence-corrected chi connectivity index (χ0v) is 16.2. The topological polar surface area (TPSA) is 85.8 Å². The van der Waals surface area contributed by atoms with Gasteiger partial charge in [-0.15, -0.1) is 0 Å². The third-order valence-corrected chi connectivity index (χ3v) is 4.99. The van der Waals surface area contributed by atoms with Gasteiger partial charge in [-0.05, 0) is 36.4 Å². The molecule has 28 heavy (non-hydrogen) atoms. The number of nitrogens with one attached hydrogen (secondary N) is 1. The van der Waals surface area contributed by atoms with Crippen LogP contribution in [0.15, 0.2) is 48.7 Å². The summed E-state index contributed by atoms with van der Waals surface area (Å²) in [6, 6.07) is 12.5. The second-order valence-corrected chi connectivity index (χ2v) is 7.21. The molecule has 148 valence electrons. The van der Waals surface area contributed by atoms with E-state index in [4.69, 9.17) is 11.6 Å². The smallest absolute Gasteiger partial charge is 0.308 e. The molecule has 1 saturated heterocycles. The highest BCUT2D eigenvalue weighted by atomic mass is 35.5. The molecule has 1 aliphatic rings. The lowest BCUT2D eigenvalue weighted by atomic mass is 10.0. The molecule has 1 fully saturated rings. The predicted octanol–water partition coefficient (Wildman–Crippen LogP) is 2.59. The molecule has 7 nitrogen and oxygen atoms in total. The number of pyridine rings is 1. The highest BCUT2D eigenvalue weighted by molar-refractivity contribution is 6.30. The Morgan fingerprint density at radius 1 is 1.11 bits per heavy atom. The van der Waals surface area contributed by atoms with Crippen molar-refractivity contribution in [1.82, 2.24) is 9.88 Å². The van der Waals surface area contributed by atoms with Crippen molar-refractivity contribution in [2.24, 2.45) is 5.92 Å². The van der Waals surface area contributed by atoms with Gasteiger partial charge in [0, 0.05) is 56.1 Å². The fourth-order valence-electron chi connectivity index (χ4n) is 3.21. The molecule has 1 atom stereocenters. The van der Waals surface area contributed by atoms with Gasteiger partial charge < -0.3 is 15.3 Å². The summed E-state index contributed by atoms with van der Waals surface area (Å²) < 4.78 is 0. The number of carbonyl (C=O) groups excluding carboxylic acids is 1. The lowest BCUT2D eigenvalue weighted by Crippen LogP contribution is -2.49. The van der Waals surface area contributed by atoms with Crippen molar-refractivity contribution in [1.29, 1.82) is 0 Å². The number of aliphatic carboxylic acids is 1. The van der Waals surface area contributed by atoms with E-state index >= 15 is 0 Å². The summed E-state index contributed by atoms with van der Waals surface area (Å²) in [7, 11) is 0. The minimum Gasteiger partial charge on any atom is -0.481 e. The average molecular weight is 403 g/mol. The first-order valence-corrected chi connectivity index (χ1v) is 9.55. The quantitative estimate of drug-likeness (QED) is 0.740. The normalized spacial score (nSPS) is 15.8. The second-order valence-electron chi connectivity index (χ2n) is 6.77. The number of anilines is 2. The van der Waals surface area contributed by atoms with E-state index in [2.05, 4.69) is 20.1 Å². The fourth-order valence-corrected chi connectivity index (χ4v) is 3.34. The number of aromatic nitrogens is 1. The van der Waals surface area contributed by atoms with Crippen molar-refractivity contribution in [2.75, 3.05) is 42.9 Å². The van der Waals surface area contributed by atoms with Crippen LogP contribution in [0.4, 0.5) is 11.5 Å². The minimum atomic E-state index is -0.960. The van der Waals surface area contributed by atoms with Crippen LogP contribution in [0.25, 0.3) is 0 Å². The standard InChI is InChI=1S/C20H23ClN4O3/c21-16-4-6-17(7-5-16)23-19(26)13-15(20(27)28)14-24-9-11-25(12-10-24)18-3-1-2-8-22-18/h1-8,15H,9-14H2,(H,23,26)(H,27,28)/t15-/m1/s1. The molecule has 1 amide bonds. The molecular formula is C20H23ClN4O3. The number of amides is 1. The first-order valence-electron chi connectivity index (χ1n) is 9.18. The van der Waals surface area contributed by atoms with Crippen LogP contribution >= 0.6 is 11.6 Å². The first kappa shape index (κ1) is 20.1. The monoisotopic (exact) mass is 402 g/mol. The van der Waals surface area contributed by atoms with Crippen LogP contribution in [0.3, 0.4) is 0 Å². The molecule has 2 heterocycles. The molecule has 1 aliphatic heterocycles. The van der Waals surface area contributed by atoms with E-state index in [0.717, 1.165) is 32.0 Å². The molecule has 0 spiro atoms. The molecular weight excluding hydrogens is 380 g/mol. The molecule has 0 saturated carbocycles. The lowest BCUT2D eigenvalue weighted by molar-refractivity contribution is -0.144. The molecule has 8 heteroatoms. The lowest BCUT2D eigenvalue weighted by Gasteiger charge is -2.36. The molecule has 0 bridgehead atoms. The van der Waals surface area contributed by atoms with Crippen molar-refractivity contribution < 1.29 is 14.7 Å². The van der Waals surface area contributed by atoms with Crippen LogP contribution < -0.4 is 10.2 Å². The number of carboxylic acid groups (broad SMARTS) is 1. The maximum absolute atomic E-state index is 12.2. The Morgan fingerprint density at radius 2 is 1.82 bits per heavy atom. The third-order valence-electron chi connectivity index (χ3n) is 4.73. The van der Waals surface area contributed by atoms with Crippen LogP contribution in [0.5, 0.6) is 0 Å². The zero-order valence-electron chi connectivity index (χ0n) is 15.4. The van der Waals surface area contributed by atoms with Gasteiger partial charge in [-0.1, -0.05) is 17.7 Å². The van der Waals surface area contributed by atoms with Crippen molar-refractivity contribution in [2.45, 2.75) is 6.42 Å². The highest BCUT2D eigenvalue weighted by Gasteiger charge is 2.26. The number of rotatable bonds is 7. The molecule has 3 rings (SSSR count). The Morgan fingerprint density at radius 3 is 2.43 bits per heavy atom. The van der Waals surface area contributed by atoms with Gasteiger partial charge in [0.2, 0.25) is 5.91 Å². The van der Waals surface area contributed by atoms with Gasteiger partial charge >= 0.3 is 5.97 Å². The van der Waals surface area contributed by atoms with Gasteiger partial charge in [-0.25, -0.2) is 4.98 Å². The van der Waals surface area contributed by atoms with E-state index in [-0.39, 0.29) is 12.3 Å². The molecule has 1 aromatic carbocycles. The number of carbonyl (C=O) groups is 2. The van der Waals surface area contributed by atoms with Crippen LogP contribution in [0.1, 0.15) is 6.42 Å². The van der Waals surface area contributed by atoms with Crippen LogP contribution in [-0.2, 0) is 9.59 Å². The summed E-state index contributed by atoms with van der Waals surface area (Å²) in [5.74, 6) is -1.10. The van der Waals surface area contributed by atoms with Crippen molar-refractivity contribution in [3.05, 3.63) is 53.7 Å². The Balaban J connectivity index is 1.50. The molecule has 1 aromatic heterocycles. The van der Waals surface area contributed by atoms with Crippen molar-refractivity contribution >= 4 is 35.0 Å². The summed E-state index contributed by atoms with van der Waals surface area (Å²) in [5.41, 5.74) is 0.600. The van der Waals surface area contributed by atoms with Gasteiger partial charge in [0.15, 0.2) is 0 Å². The van der Waals surface area contributed by atoms with E-state index in [1.807, 2.05) is 18.2 Å². The number of piperazine rings is 1. The molecule has 0 unspecified atom stereocenters.